The van der Waals surface area contributed by atoms with Gasteiger partial charge in [-0.2, -0.15) is 14.4 Å². The van der Waals surface area contributed by atoms with Crippen LogP contribution in [0.5, 0.6) is 0 Å². The first-order chi connectivity index (χ1) is 21.0. The number of ether oxygens (including phenoxy) is 1. The minimum Gasteiger partial charge on any atom is -0.410 e. The van der Waals surface area contributed by atoms with Gasteiger partial charge in [0.05, 0.1) is 19.0 Å². The van der Waals surface area contributed by atoms with Crippen molar-refractivity contribution in [2.24, 2.45) is 0 Å². The summed E-state index contributed by atoms with van der Waals surface area (Å²) in [6.45, 7) is 17.7. The zero-order chi connectivity index (χ0) is 32.8. The van der Waals surface area contributed by atoms with Gasteiger partial charge in [0.15, 0.2) is 30.9 Å². The average Bonchev–Trinajstić information content (AvgIpc) is 3.55. The molecule has 0 unspecified atom stereocenters. The summed E-state index contributed by atoms with van der Waals surface area (Å²) in [7, 11) is -5.33. The quantitative estimate of drug-likeness (QED) is 0.147. The minimum absolute atomic E-state index is 0.0402. The first kappa shape index (κ1) is 33.0. The maximum Gasteiger partial charge on any atom is 0.312 e. The first-order valence-electron chi connectivity index (χ1n) is 15.3. The molecule has 3 atom stereocenters. The lowest BCUT2D eigenvalue weighted by atomic mass is 9.99. The second-order valence-corrected chi connectivity index (χ2v) is 23.4. The number of imidazole rings is 1. The van der Waals surface area contributed by atoms with E-state index in [1.165, 1.54) is 0 Å². The van der Waals surface area contributed by atoms with Crippen LogP contribution in [0, 0.1) is 18.4 Å². The monoisotopic (exact) mass is 645 g/mol. The standard InChI is InChI=1S/C34H44FN5O3Si2/c1-10-34(22-41-45(33(5,6)7,24-17-13-11-14-18-24)25-19-15-12-16-20-25)26(43-44(8,9)32(2,3)4)21-27(42-34)40-23-37-28-29(36)38-31(35)39-30(28)40/h1,11-20,23,26-27H,21-22H2,2-9H3,(H2,36,38,39)/t26-,27+,34+/m0/s1. The van der Waals surface area contributed by atoms with Crippen LogP contribution in [-0.2, 0) is 13.6 Å². The van der Waals surface area contributed by atoms with E-state index in [0.29, 0.717) is 11.9 Å². The lowest BCUT2D eigenvalue weighted by molar-refractivity contribution is -0.0832. The van der Waals surface area contributed by atoms with Crippen LogP contribution in [0.3, 0.4) is 0 Å². The molecular formula is C34H44FN5O3Si2. The summed E-state index contributed by atoms with van der Waals surface area (Å²) < 4.78 is 37.2. The predicted octanol–water partition coefficient (Wildman–Crippen LogP) is 5.81. The number of rotatable bonds is 8. The number of anilines is 1. The number of terminal acetylenes is 1. The van der Waals surface area contributed by atoms with Crippen molar-refractivity contribution in [3.8, 4) is 12.3 Å². The number of hydrogen-bond donors (Lipinski definition) is 1. The van der Waals surface area contributed by atoms with Gasteiger partial charge in [-0.15, -0.1) is 6.42 Å². The predicted molar refractivity (Wildman–Crippen MR) is 182 cm³/mol. The molecule has 45 heavy (non-hydrogen) atoms. The fraction of sp³-hybridized carbons (Fsp3) is 0.441. The molecule has 0 amide bonds. The van der Waals surface area contributed by atoms with Crippen molar-refractivity contribution >= 4 is 44.0 Å². The molecule has 1 saturated heterocycles. The van der Waals surface area contributed by atoms with E-state index < -0.39 is 40.6 Å². The fourth-order valence-electron chi connectivity index (χ4n) is 5.98. The zero-order valence-corrected chi connectivity index (χ0v) is 29.5. The van der Waals surface area contributed by atoms with Gasteiger partial charge in [-0.1, -0.05) is 108 Å². The van der Waals surface area contributed by atoms with Gasteiger partial charge in [-0.3, -0.25) is 4.57 Å². The van der Waals surface area contributed by atoms with E-state index in [1.807, 2.05) is 36.4 Å². The third kappa shape index (κ3) is 5.86. The van der Waals surface area contributed by atoms with Gasteiger partial charge in [0.1, 0.15) is 6.23 Å². The Labute approximate surface area is 267 Å². The number of nitrogens with zero attached hydrogens (tertiary/aromatic N) is 4. The van der Waals surface area contributed by atoms with Gasteiger partial charge in [0, 0.05) is 6.42 Å². The highest BCUT2D eigenvalue weighted by Gasteiger charge is 2.57. The Balaban J connectivity index is 1.62. The van der Waals surface area contributed by atoms with Crippen LogP contribution in [0.4, 0.5) is 10.2 Å². The third-order valence-corrected chi connectivity index (χ3v) is 18.9. The van der Waals surface area contributed by atoms with Crippen LogP contribution in [-0.4, -0.2) is 54.5 Å². The Hall–Kier alpha value is -3.41. The van der Waals surface area contributed by atoms with Crippen molar-refractivity contribution in [2.75, 3.05) is 12.3 Å². The smallest absolute Gasteiger partial charge is 0.312 e. The number of fused-ring (bicyclic) bond motifs is 1. The van der Waals surface area contributed by atoms with Crippen LogP contribution in [0.15, 0.2) is 67.0 Å². The van der Waals surface area contributed by atoms with Gasteiger partial charge in [0.2, 0.25) is 0 Å². The molecule has 5 rings (SSSR count). The number of halogens is 1. The van der Waals surface area contributed by atoms with Gasteiger partial charge in [0.25, 0.3) is 8.32 Å². The Kier molecular flexibility index (Phi) is 8.61. The van der Waals surface area contributed by atoms with E-state index in [1.54, 1.807) is 10.9 Å². The number of aromatic nitrogens is 4. The van der Waals surface area contributed by atoms with Crippen LogP contribution >= 0.6 is 0 Å². The van der Waals surface area contributed by atoms with E-state index in [2.05, 4.69) is 99.8 Å². The molecule has 4 aromatic rings. The normalized spacial score (nSPS) is 21.2. The SMILES string of the molecule is C#C[C@]1(CO[Si](c2ccccc2)(c2ccccc2)C(C)(C)C)O[C@@H](n2cnc3c(N)nc(F)nc32)C[C@@H]1O[Si](C)(C)C(C)(C)C. The van der Waals surface area contributed by atoms with Gasteiger partial charge in [-0.25, -0.2) is 4.98 Å². The molecule has 238 valence electrons. The minimum atomic E-state index is -2.98. The second kappa shape index (κ2) is 11.7. The molecule has 0 saturated carbocycles. The summed E-state index contributed by atoms with van der Waals surface area (Å²) in [6.07, 6.45) is 6.26. The maximum absolute atomic E-state index is 14.3. The molecule has 1 aliphatic heterocycles. The second-order valence-electron chi connectivity index (χ2n) is 14.4. The summed E-state index contributed by atoms with van der Waals surface area (Å²) in [5, 5.41) is 1.91. The van der Waals surface area contributed by atoms with E-state index in [9.17, 15) is 4.39 Å². The molecule has 2 aromatic carbocycles. The van der Waals surface area contributed by atoms with Crippen LogP contribution in [0.2, 0.25) is 23.2 Å². The molecule has 8 nitrogen and oxygen atoms in total. The summed E-state index contributed by atoms with van der Waals surface area (Å²) >= 11 is 0. The van der Waals surface area contributed by atoms with Crippen molar-refractivity contribution in [3.63, 3.8) is 0 Å². The van der Waals surface area contributed by atoms with E-state index in [-0.39, 0.29) is 28.1 Å². The van der Waals surface area contributed by atoms with Crippen molar-refractivity contribution in [1.29, 1.82) is 0 Å². The summed E-state index contributed by atoms with van der Waals surface area (Å²) in [5.74, 6) is 2.96. The molecular weight excluding hydrogens is 602 g/mol. The van der Waals surface area contributed by atoms with E-state index in [4.69, 9.17) is 25.7 Å². The lowest BCUT2D eigenvalue weighted by Gasteiger charge is -2.46. The molecule has 0 bridgehead atoms. The Morgan fingerprint density at radius 1 is 1.00 bits per heavy atom. The molecule has 1 aliphatic rings. The van der Waals surface area contributed by atoms with Gasteiger partial charge in [-0.05, 0) is 33.5 Å². The Morgan fingerprint density at radius 2 is 1.58 bits per heavy atom. The third-order valence-electron chi connectivity index (χ3n) is 9.42. The Morgan fingerprint density at radius 3 is 2.09 bits per heavy atom. The topological polar surface area (TPSA) is 97.3 Å². The molecule has 0 radical (unpaired) electrons. The lowest BCUT2D eigenvalue weighted by Crippen LogP contribution is -2.68. The fourth-order valence-corrected chi connectivity index (χ4v) is 11.9. The number of nitrogens with two attached hydrogens (primary N) is 1. The number of hydrogen-bond acceptors (Lipinski definition) is 7. The average molecular weight is 646 g/mol. The molecule has 0 aliphatic carbocycles. The summed E-state index contributed by atoms with van der Waals surface area (Å²) in [4.78, 5) is 12.0. The highest BCUT2D eigenvalue weighted by Crippen LogP contribution is 2.46. The largest absolute Gasteiger partial charge is 0.410 e. The number of benzene rings is 2. The van der Waals surface area contributed by atoms with Gasteiger partial charge >= 0.3 is 6.08 Å². The molecule has 1 fully saturated rings. The molecule has 2 aromatic heterocycles. The molecule has 11 heteroatoms. The van der Waals surface area contributed by atoms with Crippen LogP contribution < -0.4 is 16.1 Å². The van der Waals surface area contributed by atoms with Crippen molar-refractivity contribution in [1.82, 2.24) is 19.5 Å². The summed E-state index contributed by atoms with van der Waals surface area (Å²) in [6, 6.07) is 20.8. The van der Waals surface area contributed by atoms with Crippen LogP contribution in [0.25, 0.3) is 11.2 Å². The van der Waals surface area contributed by atoms with Crippen molar-refractivity contribution < 1.29 is 18.0 Å². The molecule has 0 spiro atoms. The Bertz CT molecular complexity index is 1660. The summed E-state index contributed by atoms with van der Waals surface area (Å²) in [5.41, 5.74) is 5.24. The van der Waals surface area contributed by atoms with Crippen molar-refractivity contribution in [3.05, 3.63) is 73.1 Å². The van der Waals surface area contributed by atoms with Crippen LogP contribution in [0.1, 0.15) is 54.2 Å². The number of nitrogen functional groups attached to an aromatic ring is 1. The first-order valence-corrected chi connectivity index (χ1v) is 20.1. The van der Waals surface area contributed by atoms with Gasteiger partial charge < -0.3 is 19.3 Å². The van der Waals surface area contributed by atoms with Crippen molar-refractivity contribution in [2.45, 2.75) is 89.1 Å². The highest BCUT2D eigenvalue weighted by molar-refractivity contribution is 6.99. The highest BCUT2D eigenvalue weighted by atomic mass is 28.4. The molecule has 3 heterocycles. The molecule has 2 N–H and O–H groups in total. The van der Waals surface area contributed by atoms with E-state index >= 15 is 0 Å². The maximum atomic E-state index is 14.3. The zero-order valence-electron chi connectivity index (χ0n) is 27.5. The van der Waals surface area contributed by atoms with E-state index in [0.717, 1.165) is 10.4 Å².